The molecule has 1 aliphatic heterocycles. The van der Waals surface area contributed by atoms with E-state index in [0.717, 1.165) is 44.6 Å². The van der Waals surface area contributed by atoms with Crippen LogP contribution in [-0.2, 0) is 37.3 Å². The summed E-state index contributed by atoms with van der Waals surface area (Å²) in [6.07, 6.45) is 4.14. The zero-order valence-electron chi connectivity index (χ0n) is 36.2. The van der Waals surface area contributed by atoms with Gasteiger partial charge in [-0.2, -0.15) is 6.07 Å². The van der Waals surface area contributed by atoms with E-state index in [0.29, 0.717) is 11.5 Å². The van der Waals surface area contributed by atoms with E-state index < -0.39 is 0 Å². The predicted octanol–water partition coefficient (Wildman–Crippen LogP) is 13.8. The molecule has 5 nitrogen and oxygen atoms in total. The number of para-hydroxylation sites is 1. The molecule has 0 fully saturated rings. The van der Waals surface area contributed by atoms with Crippen molar-refractivity contribution < 1.29 is 25.8 Å². The van der Waals surface area contributed by atoms with Crippen molar-refractivity contribution in [2.24, 2.45) is 5.41 Å². The SMILES string of the molecule is CC(C)(C)C1=CN(c2[c-]c(Oc3[c-]c4c(c(C(C)(C)c5ccccc5)c3)c3ccccc3n4-c3cc(C(C)(C)C)ccn3)ccc2)[CH-]N1c1cccc(C(C)(C)C)c1.[Pt]. The number of rotatable bonds is 7. The molecule has 6 heteroatoms. The maximum Gasteiger partial charge on any atom is 0.135 e. The third-order valence-corrected chi connectivity index (χ3v) is 11.4. The molecule has 5 aromatic carbocycles. The molecule has 7 aromatic rings. The largest absolute Gasteiger partial charge is 0.509 e. The normalized spacial score (nSPS) is 13.8. The van der Waals surface area contributed by atoms with E-state index in [-0.39, 0.29) is 42.7 Å². The van der Waals surface area contributed by atoms with Gasteiger partial charge >= 0.3 is 0 Å². The van der Waals surface area contributed by atoms with Crippen molar-refractivity contribution in [3.05, 3.63) is 174 Å². The Bertz CT molecular complexity index is 2670. The van der Waals surface area contributed by atoms with Crippen LogP contribution in [-0.4, -0.2) is 9.55 Å². The zero-order chi connectivity index (χ0) is 41.2. The number of hydrogen-bond acceptors (Lipinski definition) is 4. The van der Waals surface area contributed by atoms with Crippen molar-refractivity contribution in [3.63, 3.8) is 0 Å². The Balaban J connectivity index is 0.00000528. The van der Waals surface area contributed by atoms with Crippen molar-refractivity contribution in [2.45, 2.75) is 92.4 Å². The van der Waals surface area contributed by atoms with Gasteiger partial charge in [0.25, 0.3) is 0 Å². The molecule has 0 amide bonds. The first-order valence-corrected chi connectivity index (χ1v) is 20.4. The molecule has 306 valence electrons. The van der Waals surface area contributed by atoms with Gasteiger partial charge in [0, 0.05) is 61.1 Å². The molecule has 2 aromatic heterocycles. The summed E-state index contributed by atoms with van der Waals surface area (Å²) in [6, 6.07) is 48.2. The van der Waals surface area contributed by atoms with E-state index in [1.807, 2.05) is 18.3 Å². The van der Waals surface area contributed by atoms with Crippen LogP contribution in [0.25, 0.3) is 27.6 Å². The monoisotopic (exact) mass is 958 g/mol. The number of benzene rings is 5. The zero-order valence-corrected chi connectivity index (χ0v) is 38.5. The van der Waals surface area contributed by atoms with Crippen molar-refractivity contribution in [3.8, 4) is 17.3 Å². The van der Waals surface area contributed by atoms with E-state index in [2.05, 4.69) is 219 Å². The molecule has 8 rings (SSSR count). The molecule has 0 unspecified atom stereocenters. The van der Waals surface area contributed by atoms with Crippen LogP contribution in [0.1, 0.15) is 98.4 Å². The van der Waals surface area contributed by atoms with Crippen LogP contribution < -0.4 is 14.5 Å². The van der Waals surface area contributed by atoms with Gasteiger partial charge in [-0.25, -0.2) is 4.98 Å². The average Bonchev–Trinajstić information content (AvgIpc) is 3.79. The molecular weight excluding hydrogens is 904 g/mol. The first-order chi connectivity index (χ1) is 27.4. The van der Waals surface area contributed by atoms with Gasteiger partial charge in [-0.3, -0.25) is 0 Å². The molecule has 0 N–H and O–H groups in total. The minimum absolute atomic E-state index is 0. The topological polar surface area (TPSA) is 33.5 Å². The molecule has 0 atom stereocenters. The number of nitrogens with zero attached hydrogens (tertiary/aromatic N) is 4. The summed E-state index contributed by atoms with van der Waals surface area (Å²) in [5.74, 6) is 2.08. The summed E-state index contributed by atoms with van der Waals surface area (Å²) in [4.78, 5) is 9.42. The van der Waals surface area contributed by atoms with Crippen LogP contribution in [0.5, 0.6) is 11.5 Å². The molecule has 0 saturated heterocycles. The summed E-state index contributed by atoms with van der Waals surface area (Å²) in [5.41, 5.74) is 9.62. The van der Waals surface area contributed by atoms with Crippen LogP contribution in [0.2, 0.25) is 0 Å². The Morgan fingerprint density at radius 3 is 1.98 bits per heavy atom. The number of anilines is 2. The second-order valence-electron chi connectivity index (χ2n) is 19.2. The summed E-state index contributed by atoms with van der Waals surface area (Å²) < 4.78 is 9.11. The molecular formula is C53H55N4OPt-3. The summed E-state index contributed by atoms with van der Waals surface area (Å²) in [7, 11) is 0. The number of hydrogen-bond donors (Lipinski definition) is 0. The number of aromatic nitrogens is 2. The van der Waals surface area contributed by atoms with Gasteiger partial charge in [0.15, 0.2) is 0 Å². The van der Waals surface area contributed by atoms with E-state index in [1.54, 1.807) is 0 Å². The maximum absolute atomic E-state index is 6.86. The second kappa shape index (κ2) is 15.5. The number of ether oxygens (including phenoxy) is 1. The Labute approximate surface area is 366 Å². The standard InChI is InChI=1S/C53H55N4O.Pt/c1-50(2,3)37-21-17-23-40(29-37)56-35-55(34-47(56)52(7,8)9)39-22-18-24-41(31-39)58-42-32-44(53(10,11)36-19-13-12-14-20-36)49-43-25-15-16-26-45(43)57(46(49)33-42)48-30-38(27-28-54-48)51(4,5)6;/h12-30,32,34-35H,1-11H3;/q-3;. The molecule has 0 bridgehead atoms. The quantitative estimate of drug-likeness (QED) is 0.149. The molecule has 59 heavy (non-hydrogen) atoms. The van der Waals surface area contributed by atoms with Crippen LogP contribution >= 0.6 is 0 Å². The summed E-state index contributed by atoms with van der Waals surface area (Å²) in [5, 5.41) is 2.29. The second-order valence-corrected chi connectivity index (χ2v) is 19.2. The molecule has 3 heterocycles. The van der Waals surface area contributed by atoms with E-state index in [4.69, 9.17) is 9.72 Å². The molecule has 0 radical (unpaired) electrons. The number of allylic oxidation sites excluding steroid dienone is 1. The van der Waals surface area contributed by atoms with Gasteiger partial charge in [-0.15, -0.1) is 48.3 Å². The van der Waals surface area contributed by atoms with Crippen LogP contribution in [0.3, 0.4) is 0 Å². The van der Waals surface area contributed by atoms with Gasteiger partial charge in [-0.1, -0.05) is 148 Å². The first kappa shape index (κ1) is 42.0. The van der Waals surface area contributed by atoms with Gasteiger partial charge in [0.2, 0.25) is 0 Å². The van der Waals surface area contributed by atoms with E-state index in [9.17, 15) is 0 Å². The fraction of sp³-hybridized carbons (Fsp3) is 0.283. The van der Waals surface area contributed by atoms with Gasteiger partial charge < -0.3 is 19.1 Å². The third-order valence-electron chi connectivity index (χ3n) is 11.4. The average molecular weight is 959 g/mol. The Morgan fingerprint density at radius 2 is 1.27 bits per heavy atom. The Kier molecular flexibility index (Phi) is 11.0. The fourth-order valence-electron chi connectivity index (χ4n) is 7.98. The molecule has 0 aliphatic carbocycles. The minimum Gasteiger partial charge on any atom is -0.509 e. The molecule has 1 aliphatic rings. The number of fused-ring (bicyclic) bond motifs is 3. The van der Waals surface area contributed by atoms with Crippen molar-refractivity contribution in [2.75, 3.05) is 9.80 Å². The summed E-state index contributed by atoms with van der Waals surface area (Å²) >= 11 is 0. The van der Waals surface area contributed by atoms with Crippen LogP contribution in [0.4, 0.5) is 11.4 Å². The van der Waals surface area contributed by atoms with Crippen molar-refractivity contribution in [1.82, 2.24) is 9.55 Å². The van der Waals surface area contributed by atoms with Crippen LogP contribution in [0, 0.1) is 24.2 Å². The summed E-state index contributed by atoms with van der Waals surface area (Å²) in [6.45, 7) is 27.0. The van der Waals surface area contributed by atoms with Crippen LogP contribution in [0.15, 0.2) is 133 Å². The van der Waals surface area contributed by atoms with E-state index in [1.165, 1.54) is 22.4 Å². The Hall–Kier alpha value is -5.12. The predicted molar refractivity (Wildman–Crippen MR) is 242 cm³/mol. The first-order valence-electron chi connectivity index (χ1n) is 20.4. The van der Waals surface area contributed by atoms with Gasteiger partial charge in [0.05, 0.1) is 0 Å². The molecule has 0 saturated carbocycles. The Morgan fingerprint density at radius 1 is 0.610 bits per heavy atom. The smallest absolute Gasteiger partial charge is 0.135 e. The third kappa shape index (κ3) is 8.11. The van der Waals surface area contributed by atoms with Crippen molar-refractivity contribution >= 4 is 33.2 Å². The fourth-order valence-corrected chi connectivity index (χ4v) is 7.98. The van der Waals surface area contributed by atoms with Gasteiger partial charge in [0.1, 0.15) is 5.82 Å². The van der Waals surface area contributed by atoms with Crippen molar-refractivity contribution in [1.29, 1.82) is 0 Å². The van der Waals surface area contributed by atoms with E-state index >= 15 is 0 Å². The number of pyridine rings is 1. The molecule has 0 spiro atoms. The van der Waals surface area contributed by atoms with Gasteiger partial charge in [-0.05, 0) is 74.9 Å². The minimum atomic E-state index is -0.375. The maximum atomic E-state index is 6.86.